The molecule has 0 bridgehead atoms. The number of rotatable bonds is 4. The lowest BCUT2D eigenvalue weighted by Crippen LogP contribution is -2.47. The largest absolute Gasteiger partial charge is 0.338 e. The van der Waals surface area contributed by atoms with Crippen molar-refractivity contribution in [1.29, 1.82) is 5.26 Å². The molecule has 1 aliphatic heterocycles. The van der Waals surface area contributed by atoms with Gasteiger partial charge in [0.05, 0.1) is 6.07 Å². The lowest BCUT2D eigenvalue weighted by atomic mass is 10.2. The Morgan fingerprint density at radius 3 is 2.78 bits per heavy atom. The van der Waals surface area contributed by atoms with Gasteiger partial charge >= 0.3 is 0 Å². The molecule has 0 N–H and O–H groups in total. The Kier molecular flexibility index (Phi) is 4.48. The average molecular weight is 245 g/mol. The highest BCUT2D eigenvalue weighted by Crippen LogP contribution is 2.11. The molecule has 1 fully saturated rings. The third-order valence-corrected chi connectivity index (χ3v) is 3.20. The van der Waals surface area contributed by atoms with E-state index in [0.29, 0.717) is 6.42 Å². The minimum absolute atomic E-state index is 0.654. The van der Waals surface area contributed by atoms with Gasteiger partial charge in [-0.3, -0.25) is 4.90 Å². The summed E-state index contributed by atoms with van der Waals surface area (Å²) in [6, 6.07) is 4.11. The molecule has 1 aromatic heterocycles. The molecule has 5 heteroatoms. The molecule has 0 spiro atoms. The van der Waals surface area contributed by atoms with Gasteiger partial charge in [-0.2, -0.15) is 5.26 Å². The smallest absolute Gasteiger partial charge is 0.225 e. The van der Waals surface area contributed by atoms with Crippen LogP contribution >= 0.6 is 0 Å². The fourth-order valence-electron chi connectivity index (χ4n) is 2.14. The predicted octanol–water partition coefficient (Wildman–Crippen LogP) is 1.21. The molecular formula is C13H19N5. The maximum absolute atomic E-state index is 8.52. The van der Waals surface area contributed by atoms with Crippen LogP contribution in [0.15, 0.2) is 12.3 Å². The second-order valence-corrected chi connectivity index (χ2v) is 4.59. The first kappa shape index (κ1) is 12.8. The van der Waals surface area contributed by atoms with Crippen LogP contribution in [-0.2, 0) is 0 Å². The van der Waals surface area contributed by atoms with Crippen molar-refractivity contribution in [2.24, 2.45) is 0 Å². The summed E-state index contributed by atoms with van der Waals surface area (Å²) in [6.07, 6.45) is 3.44. The number of aromatic nitrogens is 2. The van der Waals surface area contributed by atoms with Crippen molar-refractivity contribution < 1.29 is 0 Å². The number of anilines is 1. The van der Waals surface area contributed by atoms with E-state index >= 15 is 0 Å². The molecule has 0 amide bonds. The zero-order chi connectivity index (χ0) is 12.8. The summed E-state index contributed by atoms with van der Waals surface area (Å²) in [5.74, 6) is 0.840. The van der Waals surface area contributed by atoms with Crippen molar-refractivity contribution in [3.63, 3.8) is 0 Å². The van der Waals surface area contributed by atoms with E-state index in [1.807, 2.05) is 19.2 Å². The van der Waals surface area contributed by atoms with E-state index in [-0.39, 0.29) is 0 Å². The van der Waals surface area contributed by atoms with Gasteiger partial charge in [0.1, 0.15) is 0 Å². The molecule has 2 heterocycles. The van der Waals surface area contributed by atoms with Crippen LogP contribution in [0.25, 0.3) is 0 Å². The summed E-state index contributed by atoms with van der Waals surface area (Å²) in [5, 5.41) is 8.52. The van der Waals surface area contributed by atoms with E-state index in [2.05, 4.69) is 25.8 Å². The molecule has 1 saturated heterocycles. The molecule has 0 aliphatic carbocycles. The summed E-state index contributed by atoms with van der Waals surface area (Å²) in [6.45, 7) is 7.01. The highest BCUT2D eigenvalue weighted by molar-refractivity contribution is 5.30. The van der Waals surface area contributed by atoms with Crippen molar-refractivity contribution in [2.75, 3.05) is 37.6 Å². The molecule has 0 unspecified atom stereocenters. The van der Waals surface area contributed by atoms with Crippen LogP contribution in [0.3, 0.4) is 0 Å². The minimum atomic E-state index is 0.654. The highest BCUT2D eigenvalue weighted by Gasteiger charge is 2.18. The maximum Gasteiger partial charge on any atom is 0.225 e. The Hall–Kier alpha value is -1.67. The molecule has 5 nitrogen and oxygen atoms in total. The third-order valence-electron chi connectivity index (χ3n) is 3.20. The Morgan fingerprint density at radius 2 is 2.11 bits per heavy atom. The molecular weight excluding hydrogens is 226 g/mol. The number of hydrogen-bond acceptors (Lipinski definition) is 5. The highest BCUT2D eigenvalue weighted by atomic mass is 15.3. The van der Waals surface area contributed by atoms with E-state index in [1.165, 1.54) is 0 Å². The molecule has 18 heavy (non-hydrogen) atoms. The van der Waals surface area contributed by atoms with E-state index in [0.717, 1.165) is 50.8 Å². The van der Waals surface area contributed by atoms with E-state index in [4.69, 9.17) is 5.26 Å². The van der Waals surface area contributed by atoms with Gasteiger partial charge in [0.15, 0.2) is 0 Å². The summed E-state index contributed by atoms with van der Waals surface area (Å²) >= 11 is 0. The lowest BCUT2D eigenvalue weighted by Gasteiger charge is -2.34. The number of unbranched alkanes of at least 4 members (excludes halogenated alkanes) is 1. The normalized spacial score (nSPS) is 16.6. The van der Waals surface area contributed by atoms with Gasteiger partial charge < -0.3 is 4.90 Å². The summed E-state index contributed by atoms with van der Waals surface area (Å²) in [7, 11) is 0. The number of aryl methyl sites for hydroxylation is 1. The van der Waals surface area contributed by atoms with Crippen LogP contribution in [0, 0.1) is 18.3 Å². The molecule has 96 valence electrons. The first-order valence-corrected chi connectivity index (χ1v) is 6.43. The van der Waals surface area contributed by atoms with Crippen molar-refractivity contribution in [1.82, 2.24) is 14.9 Å². The van der Waals surface area contributed by atoms with Crippen molar-refractivity contribution in [2.45, 2.75) is 19.8 Å². The second-order valence-electron chi connectivity index (χ2n) is 4.59. The van der Waals surface area contributed by atoms with E-state index in [9.17, 15) is 0 Å². The molecule has 0 aromatic carbocycles. The van der Waals surface area contributed by atoms with Gasteiger partial charge in [-0.05, 0) is 26.0 Å². The molecule has 0 radical (unpaired) electrons. The van der Waals surface area contributed by atoms with Gasteiger partial charge in [0.2, 0.25) is 5.95 Å². The van der Waals surface area contributed by atoms with Gasteiger partial charge in [-0.15, -0.1) is 0 Å². The SMILES string of the molecule is Cc1ccnc(N2CCN(CCCC#N)CC2)n1. The summed E-state index contributed by atoms with van der Waals surface area (Å²) in [4.78, 5) is 13.4. The predicted molar refractivity (Wildman–Crippen MR) is 70.3 cm³/mol. The fraction of sp³-hybridized carbons (Fsp3) is 0.615. The summed E-state index contributed by atoms with van der Waals surface area (Å²) < 4.78 is 0. The molecule has 1 aromatic rings. The van der Waals surface area contributed by atoms with E-state index in [1.54, 1.807) is 0 Å². The molecule has 0 atom stereocenters. The quantitative estimate of drug-likeness (QED) is 0.746. The maximum atomic E-state index is 8.52. The van der Waals surface area contributed by atoms with Crippen LogP contribution in [0.4, 0.5) is 5.95 Å². The lowest BCUT2D eigenvalue weighted by molar-refractivity contribution is 0.255. The standard InChI is InChI=1S/C13H19N5/c1-12-4-6-15-13(16-12)18-10-8-17(9-11-18)7-3-2-5-14/h4,6H,2-3,7-11H2,1H3. The van der Waals surface area contributed by atoms with E-state index < -0.39 is 0 Å². The van der Waals surface area contributed by atoms with Crippen LogP contribution < -0.4 is 4.90 Å². The Balaban J connectivity index is 1.81. The summed E-state index contributed by atoms with van der Waals surface area (Å²) in [5.41, 5.74) is 1.01. The average Bonchev–Trinajstić information content (AvgIpc) is 2.40. The zero-order valence-electron chi connectivity index (χ0n) is 10.8. The fourth-order valence-corrected chi connectivity index (χ4v) is 2.14. The van der Waals surface area contributed by atoms with Gasteiger partial charge in [0, 0.05) is 44.5 Å². The monoisotopic (exact) mass is 245 g/mol. The van der Waals surface area contributed by atoms with Crippen LogP contribution in [0.5, 0.6) is 0 Å². The van der Waals surface area contributed by atoms with Crippen LogP contribution in [0.1, 0.15) is 18.5 Å². The first-order valence-electron chi connectivity index (χ1n) is 6.43. The van der Waals surface area contributed by atoms with Crippen molar-refractivity contribution in [3.05, 3.63) is 18.0 Å². The molecule has 0 saturated carbocycles. The van der Waals surface area contributed by atoms with Crippen molar-refractivity contribution in [3.8, 4) is 6.07 Å². The van der Waals surface area contributed by atoms with Gasteiger partial charge in [-0.25, -0.2) is 9.97 Å². The number of nitriles is 1. The molecule has 2 rings (SSSR count). The van der Waals surface area contributed by atoms with Crippen LogP contribution in [0.2, 0.25) is 0 Å². The van der Waals surface area contributed by atoms with Gasteiger partial charge in [0.25, 0.3) is 0 Å². The van der Waals surface area contributed by atoms with Crippen molar-refractivity contribution >= 4 is 5.95 Å². The number of hydrogen-bond donors (Lipinski definition) is 0. The topological polar surface area (TPSA) is 56.1 Å². The second kappa shape index (κ2) is 6.31. The Labute approximate surface area is 108 Å². The Bertz CT molecular complexity index is 418. The third kappa shape index (κ3) is 3.41. The first-order chi connectivity index (χ1) is 8.79. The zero-order valence-corrected chi connectivity index (χ0v) is 10.8. The number of piperazine rings is 1. The van der Waals surface area contributed by atoms with Crippen LogP contribution in [-0.4, -0.2) is 47.6 Å². The minimum Gasteiger partial charge on any atom is -0.338 e. The molecule has 1 aliphatic rings. The van der Waals surface area contributed by atoms with Gasteiger partial charge in [-0.1, -0.05) is 0 Å². The Morgan fingerprint density at radius 1 is 1.33 bits per heavy atom. The number of nitrogens with zero attached hydrogens (tertiary/aromatic N) is 5.